The number of ether oxygens (including phenoxy) is 3. The summed E-state index contributed by atoms with van der Waals surface area (Å²) in [5.74, 6) is 1.70. The van der Waals surface area contributed by atoms with Crippen molar-refractivity contribution in [2.45, 2.75) is 18.1 Å². The zero-order valence-electron chi connectivity index (χ0n) is 21.7. The molecular formula is C29H27N3O5S2. The molecule has 3 aromatic carbocycles. The lowest BCUT2D eigenvalue weighted by atomic mass is 10.1. The number of hydrogen-bond acceptors (Lipinski definition) is 8. The van der Waals surface area contributed by atoms with E-state index in [9.17, 15) is 9.59 Å². The standard InChI is InChI=1S/C29H27N3O5S2/c1-35-21-10-6-5-9-20(21)30-25(33)17-38-29-31-26-19-8-4-7-11-24(19)39-27(26)28(34)32(29)15-14-18-12-13-22(36-2)23(16-18)37-3/h4-13,16H,14-15,17H2,1-3H3,(H,30,33). The Bertz CT molecular complexity index is 1710. The Morgan fingerprint density at radius 3 is 2.49 bits per heavy atom. The van der Waals surface area contributed by atoms with Crippen molar-refractivity contribution >= 4 is 55.0 Å². The number of aryl methyl sites for hydroxylation is 1. The van der Waals surface area contributed by atoms with Crippen LogP contribution in [0.25, 0.3) is 20.3 Å². The molecule has 1 amide bonds. The van der Waals surface area contributed by atoms with Crippen molar-refractivity contribution in [3.63, 3.8) is 0 Å². The Morgan fingerprint density at radius 2 is 1.69 bits per heavy atom. The van der Waals surface area contributed by atoms with Crippen molar-refractivity contribution < 1.29 is 19.0 Å². The first-order chi connectivity index (χ1) is 19.0. The SMILES string of the molecule is COc1ccccc1NC(=O)CSc1nc2c(sc3ccccc32)c(=O)n1CCc1ccc(OC)c(OC)c1. The van der Waals surface area contributed by atoms with E-state index >= 15 is 0 Å². The lowest BCUT2D eigenvalue weighted by molar-refractivity contribution is -0.113. The predicted octanol–water partition coefficient (Wildman–Crippen LogP) is 5.61. The number of para-hydroxylation sites is 2. The molecule has 0 saturated heterocycles. The van der Waals surface area contributed by atoms with Gasteiger partial charge in [0.1, 0.15) is 10.4 Å². The van der Waals surface area contributed by atoms with Gasteiger partial charge in [-0.05, 0) is 42.3 Å². The zero-order chi connectivity index (χ0) is 27.4. The first-order valence-corrected chi connectivity index (χ1v) is 14.0. The molecular weight excluding hydrogens is 534 g/mol. The molecule has 0 unspecified atom stereocenters. The van der Waals surface area contributed by atoms with E-state index in [1.807, 2.05) is 54.6 Å². The van der Waals surface area contributed by atoms with Crippen molar-refractivity contribution in [1.82, 2.24) is 9.55 Å². The lowest BCUT2D eigenvalue weighted by Gasteiger charge is -2.14. The number of anilines is 1. The highest BCUT2D eigenvalue weighted by molar-refractivity contribution is 7.99. The molecule has 0 atom stereocenters. The molecule has 2 heterocycles. The minimum absolute atomic E-state index is 0.0778. The van der Waals surface area contributed by atoms with E-state index in [2.05, 4.69) is 5.32 Å². The third kappa shape index (κ3) is 5.57. The van der Waals surface area contributed by atoms with E-state index < -0.39 is 0 Å². The fraction of sp³-hybridized carbons (Fsp3) is 0.207. The number of methoxy groups -OCH3 is 3. The molecule has 0 saturated carbocycles. The van der Waals surface area contributed by atoms with Crippen molar-refractivity contribution in [3.8, 4) is 17.2 Å². The summed E-state index contributed by atoms with van der Waals surface area (Å²) < 4.78 is 19.4. The number of carbonyl (C=O) groups excluding carboxylic acids is 1. The Labute approximate surface area is 233 Å². The largest absolute Gasteiger partial charge is 0.495 e. The first kappa shape index (κ1) is 26.6. The van der Waals surface area contributed by atoms with Gasteiger partial charge in [0, 0.05) is 16.6 Å². The Hall–Kier alpha value is -4.02. The van der Waals surface area contributed by atoms with Crippen molar-refractivity contribution in [2.24, 2.45) is 0 Å². The van der Waals surface area contributed by atoms with Gasteiger partial charge in [0.15, 0.2) is 16.7 Å². The maximum absolute atomic E-state index is 13.7. The average Bonchev–Trinajstić information content (AvgIpc) is 3.34. The normalized spacial score (nSPS) is 11.1. The number of carbonyl (C=O) groups is 1. The van der Waals surface area contributed by atoms with Gasteiger partial charge in [-0.3, -0.25) is 14.2 Å². The maximum atomic E-state index is 13.7. The van der Waals surface area contributed by atoms with Gasteiger partial charge in [-0.25, -0.2) is 4.98 Å². The summed E-state index contributed by atoms with van der Waals surface area (Å²) in [6.07, 6.45) is 0.569. The van der Waals surface area contributed by atoms with Crippen LogP contribution in [0.3, 0.4) is 0 Å². The van der Waals surface area contributed by atoms with Crippen molar-refractivity contribution in [3.05, 3.63) is 82.6 Å². The Kier molecular flexibility index (Phi) is 8.04. The summed E-state index contributed by atoms with van der Waals surface area (Å²) in [5.41, 5.74) is 2.12. The van der Waals surface area contributed by atoms with Crippen LogP contribution < -0.4 is 25.1 Å². The number of thiophene rings is 1. The number of aromatic nitrogens is 2. The highest BCUT2D eigenvalue weighted by Gasteiger charge is 2.18. The maximum Gasteiger partial charge on any atom is 0.272 e. The third-order valence-corrected chi connectivity index (χ3v) is 8.36. The van der Waals surface area contributed by atoms with Crippen LogP contribution in [-0.2, 0) is 17.8 Å². The lowest BCUT2D eigenvalue weighted by Crippen LogP contribution is -2.24. The molecule has 5 rings (SSSR count). The fourth-order valence-electron chi connectivity index (χ4n) is 4.30. The van der Waals surface area contributed by atoms with Crippen LogP contribution in [0.5, 0.6) is 17.2 Å². The number of hydrogen-bond donors (Lipinski definition) is 1. The fourth-order valence-corrected chi connectivity index (χ4v) is 6.21. The van der Waals surface area contributed by atoms with E-state index in [-0.39, 0.29) is 17.2 Å². The van der Waals surface area contributed by atoms with Crippen LogP contribution >= 0.6 is 23.1 Å². The second kappa shape index (κ2) is 11.8. The van der Waals surface area contributed by atoms with E-state index in [1.54, 1.807) is 38.0 Å². The number of nitrogens with one attached hydrogen (secondary N) is 1. The second-order valence-electron chi connectivity index (χ2n) is 8.60. The first-order valence-electron chi connectivity index (χ1n) is 12.2. The molecule has 0 aliphatic carbocycles. The summed E-state index contributed by atoms with van der Waals surface area (Å²) in [6.45, 7) is 0.391. The van der Waals surface area contributed by atoms with Crippen LogP contribution in [0.4, 0.5) is 5.69 Å². The highest BCUT2D eigenvalue weighted by Crippen LogP contribution is 2.32. The molecule has 2 aromatic heterocycles. The summed E-state index contributed by atoms with van der Waals surface area (Å²) in [5, 5.41) is 4.31. The Morgan fingerprint density at radius 1 is 0.949 bits per heavy atom. The molecule has 5 aromatic rings. The molecule has 8 nitrogen and oxygen atoms in total. The van der Waals surface area contributed by atoms with Crippen LogP contribution in [-0.4, -0.2) is 42.5 Å². The topological polar surface area (TPSA) is 91.7 Å². The van der Waals surface area contributed by atoms with E-state index in [4.69, 9.17) is 19.2 Å². The third-order valence-electron chi connectivity index (χ3n) is 6.23. The minimum atomic E-state index is -0.222. The molecule has 0 fully saturated rings. The van der Waals surface area contributed by atoms with Crippen LogP contribution in [0.2, 0.25) is 0 Å². The monoisotopic (exact) mass is 561 g/mol. The summed E-state index contributed by atoms with van der Waals surface area (Å²) in [6, 6.07) is 20.8. The Balaban J connectivity index is 1.46. The number of amides is 1. The van der Waals surface area contributed by atoms with Crippen LogP contribution in [0, 0.1) is 0 Å². The van der Waals surface area contributed by atoms with E-state index in [1.165, 1.54) is 23.1 Å². The van der Waals surface area contributed by atoms with Gasteiger partial charge < -0.3 is 19.5 Å². The zero-order valence-corrected chi connectivity index (χ0v) is 23.4. The highest BCUT2D eigenvalue weighted by atomic mass is 32.2. The molecule has 10 heteroatoms. The number of benzene rings is 3. The number of thioether (sulfide) groups is 1. The van der Waals surface area contributed by atoms with Gasteiger partial charge in [-0.15, -0.1) is 11.3 Å². The van der Waals surface area contributed by atoms with Gasteiger partial charge in [-0.1, -0.05) is 48.2 Å². The van der Waals surface area contributed by atoms with Crippen LogP contribution in [0.1, 0.15) is 5.56 Å². The second-order valence-corrected chi connectivity index (χ2v) is 10.6. The molecule has 39 heavy (non-hydrogen) atoms. The van der Waals surface area contributed by atoms with Gasteiger partial charge in [0.25, 0.3) is 5.56 Å². The number of rotatable bonds is 10. The average molecular weight is 562 g/mol. The quantitative estimate of drug-likeness (QED) is 0.175. The summed E-state index contributed by atoms with van der Waals surface area (Å²) in [7, 11) is 4.74. The summed E-state index contributed by atoms with van der Waals surface area (Å²) in [4.78, 5) is 31.5. The molecule has 0 bridgehead atoms. The van der Waals surface area contributed by atoms with Gasteiger partial charge in [-0.2, -0.15) is 0 Å². The molecule has 0 spiro atoms. The van der Waals surface area contributed by atoms with Crippen LogP contribution in [0.15, 0.2) is 76.7 Å². The molecule has 1 N–H and O–H groups in total. The molecule has 200 valence electrons. The molecule has 0 aliphatic rings. The van der Waals surface area contributed by atoms with E-state index in [0.29, 0.717) is 51.3 Å². The minimum Gasteiger partial charge on any atom is -0.495 e. The summed E-state index contributed by atoms with van der Waals surface area (Å²) >= 11 is 2.68. The molecule has 0 aliphatic heterocycles. The van der Waals surface area contributed by atoms with Crippen molar-refractivity contribution in [2.75, 3.05) is 32.4 Å². The molecule has 0 radical (unpaired) electrons. The van der Waals surface area contributed by atoms with E-state index in [0.717, 1.165) is 15.6 Å². The van der Waals surface area contributed by atoms with Crippen molar-refractivity contribution in [1.29, 1.82) is 0 Å². The number of nitrogens with zero attached hydrogens (tertiary/aromatic N) is 2. The smallest absolute Gasteiger partial charge is 0.272 e. The van der Waals surface area contributed by atoms with Gasteiger partial charge in [0.2, 0.25) is 5.91 Å². The number of fused-ring (bicyclic) bond motifs is 3. The van der Waals surface area contributed by atoms with Gasteiger partial charge >= 0.3 is 0 Å². The predicted molar refractivity (Wildman–Crippen MR) is 157 cm³/mol. The van der Waals surface area contributed by atoms with Gasteiger partial charge in [0.05, 0.1) is 38.3 Å².